The van der Waals surface area contributed by atoms with Crippen LogP contribution in [0.2, 0.25) is 0 Å². The highest BCUT2D eigenvalue weighted by atomic mass is 16.5. The average molecular weight is 817 g/mol. The van der Waals surface area contributed by atoms with Gasteiger partial charge in [0, 0.05) is 17.5 Å². The van der Waals surface area contributed by atoms with E-state index >= 15 is 0 Å². The minimum Gasteiger partial charge on any atom is -0.453 e. The smallest absolute Gasteiger partial charge is 0.407 e. The van der Waals surface area contributed by atoms with Gasteiger partial charge in [0.1, 0.15) is 23.7 Å². The predicted octanol–water partition coefficient (Wildman–Crippen LogP) is 7.88. The summed E-state index contributed by atoms with van der Waals surface area (Å²) in [7, 11) is 2.61. The number of hydrogen-bond acceptors (Lipinski definition) is 8. The van der Waals surface area contributed by atoms with Crippen molar-refractivity contribution < 1.29 is 28.7 Å². The molecule has 0 unspecified atom stereocenters. The number of carbonyl (C=O) groups is 4. The first-order valence-electron chi connectivity index (χ1n) is 21.2. The Balaban J connectivity index is 1.01. The molecular weight excluding hydrogens is 761 g/mol. The van der Waals surface area contributed by atoms with Crippen molar-refractivity contribution >= 4 is 45.8 Å². The van der Waals surface area contributed by atoms with Gasteiger partial charge in [-0.25, -0.2) is 19.6 Å². The van der Waals surface area contributed by atoms with Crippen LogP contribution in [0.1, 0.15) is 91.0 Å². The molecule has 14 heteroatoms. The second-order valence-electron chi connectivity index (χ2n) is 17.6. The third-order valence-corrected chi connectivity index (χ3v) is 13.3. The predicted molar refractivity (Wildman–Crippen MR) is 228 cm³/mol. The largest absolute Gasteiger partial charge is 0.453 e. The van der Waals surface area contributed by atoms with Gasteiger partial charge in [-0.05, 0) is 90.5 Å². The van der Waals surface area contributed by atoms with Gasteiger partial charge in [0.25, 0.3) is 0 Å². The summed E-state index contributed by atoms with van der Waals surface area (Å²) < 4.78 is 9.66. The molecule has 4 amide bonds. The first-order valence-corrected chi connectivity index (χ1v) is 21.2. The summed E-state index contributed by atoms with van der Waals surface area (Å²) in [5.41, 5.74) is 5.75. The van der Waals surface area contributed by atoms with Crippen LogP contribution in [0.5, 0.6) is 0 Å². The molecule has 4 heterocycles. The zero-order valence-corrected chi connectivity index (χ0v) is 35.6. The highest BCUT2D eigenvalue weighted by Gasteiger charge is 2.51. The van der Waals surface area contributed by atoms with E-state index in [0.717, 1.165) is 81.5 Å². The monoisotopic (exact) mass is 816 g/mol. The molecule has 2 aliphatic heterocycles. The Hall–Kier alpha value is -5.92. The Labute approximate surface area is 350 Å². The van der Waals surface area contributed by atoms with Crippen molar-refractivity contribution in [3.63, 3.8) is 0 Å². The number of hydrogen-bond donors (Lipinski definition) is 4. The van der Waals surface area contributed by atoms with Crippen LogP contribution in [0.3, 0.4) is 0 Å². The number of benzene rings is 3. The van der Waals surface area contributed by atoms with E-state index < -0.39 is 24.3 Å². The molecule has 0 spiro atoms. The number of aromatic amines is 2. The molecule has 0 radical (unpaired) electrons. The normalized spacial score (nSPS) is 23.4. The number of imidazole rings is 2. The molecule has 2 bridgehead atoms. The molecule has 2 aromatic heterocycles. The van der Waals surface area contributed by atoms with Gasteiger partial charge in [-0.1, -0.05) is 77.1 Å². The van der Waals surface area contributed by atoms with Crippen LogP contribution in [0.4, 0.5) is 9.59 Å². The van der Waals surface area contributed by atoms with E-state index in [9.17, 15) is 19.2 Å². The van der Waals surface area contributed by atoms with Crippen LogP contribution in [0.25, 0.3) is 44.2 Å². The molecule has 14 nitrogen and oxygen atoms in total. The number of aromatic nitrogens is 4. The summed E-state index contributed by atoms with van der Waals surface area (Å²) in [6.07, 6.45) is 4.27. The van der Waals surface area contributed by atoms with Crippen LogP contribution < -0.4 is 10.6 Å². The van der Waals surface area contributed by atoms with Gasteiger partial charge in [-0.3, -0.25) is 9.59 Å². The summed E-state index contributed by atoms with van der Waals surface area (Å²) in [6, 6.07) is 17.1. The SMILES string of the molecule is COC(=O)N[C@H](C(=O)N1[C@@H]2CC[C@@H](C2)[C@H]1c1ncc(-c2ccc(-c3ccc4c(ccc5nc([C@@H]6C[C@@H](C)[C@@H](C)N6C(=O)[C@@H](NC(=O)OC)C(C)C)[nH]c54)c3)cc2)[nH]1)C(C)C. The second-order valence-corrected chi connectivity index (χ2v) is 17.6. The first kappa shape index (κ1) is 40.8. The van der Waals surface area contributed by atoms with Crippen molar-refractivity contribution in [3.8, 4) is 22.4 Å². The molecule has 8 atom stereocenters. The number of H-pyrrole nitrogens is 2. The average Bonchev–Trinajstić information content (AvgIpc) is 4.10. The number of carbonyl (C=O) groups excluding carboxylic acids is 4. The molecule has 1 aliphatic carbocycles. The lowest BCUT2D eigenvalue weighted by Gasteiger charge is -2.37. The van der Waals surface area contributed by atoms with Gasteiger partial charge in [-0.2, -0.15) is 0 Å². The van der Waals surface area contributed by atoms with Gasteiger partial charge in [0.2, 0.25) is 11.8 Å². The molecule has 5 aromatic rings. The Morgan fingerprint density at radius 3 is 2.03 bits per heavy atom. The molecule has 316 valence electrons. The zero-order chi connectivity index (χ0) is 42.6. The van der Waals surface area contributed by atoms with Crippen LogP contribution >= 0.6 is 0 Å². The molecule has 2 saturated heterocycles. The molecule has 8 rings (SSSR count). The van der Waals surface area contributed by atoms with Crippen molar-refractivity contribution in [2.45, 2.75) is 103 Å². The van der Waals surface area contributed by atoms with E-state index in [0.29, 0.717) is 5.92 Å². The van der Waals surface area contributed by atoms with Gasteiger partial charge in [0.15, 0.2) is 0 Å². The fourth-order valence-corrected chi connectivity index (χ4v) is 9.84. The highest BCUT2D eigenvalue weighted by Crippen LogP contribution is 2.50. The summed E-state index contributed by atoms with van der Waals surface area (Å²) in [5, 5.41) is 7.61. The molecule has 1 saturated carbocycles. The van der Waals surface area contributed by atoms with Gasteiger partial charge < -0.3 is 39.9 Å². The number of fused-ring (bicyclic) bond motifs is 5. The molecule has 3 aliphatic rings. The Kier molecular flexibility index (Phi) is 11.1. The Morgan fingerprint density at radius 2 is 1.38 bits per heavy atom. The van der Waals surface area contributed by atoms with Crippen LogP contribution in [-0.4, -0.2) is 92.1 Å². The summed E-state index contributed by atoms with van der Waals surface area (Å²) in [6.45, 7) is 11.9. The number of nitrogens with one attached hydrogen (secondary N) is 4. The summed E-state index contributed by atoms with van der Waals surface area (Å²) in [5.74, 6) is 1.58. The van der Waals surface area contributed by atoms with E-state index in [2.05, 4.69) is 83.0 Å². The molecular formula is C46H56N8O6. The standard InChI is InChI=1S/C46H56N8O6/c1-23(2)37(51-45(57)59-7)43(55)53-26(6)25(5)19-36(53)41-48-34-18-15-30-20-29(14-17-33(30)39(34)50-41)27-9-11-28(12-10-27)35-22-47-42(49-35)40-31-13-16-32(21-31)54(40)44(56)38(24(3)4)52-46(58)60-8/h9-12,14-15,17-18,20,22-26,31-32,36-38,40H,13,16,19,21H2,1-8H3,(H,47,49)(H,48,50)(H,51,57)(H,52,58)/t25-,26-,31+,32-,36+,37+,38+,40+/m1/s1. The summed E-state index contributed by atoms with van der Waals surface area (Å²) >= 11 is 0. The lowest BCUT2D eigenvalue weighted by Crippen LogP contribution is -2.54. The van der Waals surface area contributed by atoms with Gasteiger partial charge in [0.05, 0.1) is 49.2 Å². The number of piperidine rings is 1. The minimum atomic E-state index is -0.723. The van der Waals surface area contributed by atoms with E-state index in [4.69, 9.17) is 19.4 Å². The number of alkyl carbamates (subject to hydrolysis) is 2. The highest BCUT2D eigenvalue weighted by molar-refractivity contribution is 6.05. The maximum Gasteiger partial charge on any atom is 0.407 e. The lowest BCUT2D eigenvalue weighted by molar-refractivity contribution is -0.139. The van der Waals surface area contributed by atoms with Crippen molar-refractivity contribution in [3.05, 3.63) is 72.4 Å². The van der Waals surface area contributed by atoms with Crippen LogP contribution in [0.15, 0.2) is 60.8 Å². The van der Waals surface area contributed by atoms with Crippen LogP contribution in [-0.2, 0) is 19.1 Å². The van der Waals surface area contributed by atoms with Crippen molar-refractivity contribution in [2.75, 3.05) is 14.2 Å². The number of methoxy groups -OCH3 is 2. The first-order chi connectivity index (χ1) is 28.8. The number of amides is 4. The minimum absolute atomic E-state index is 0.0401. The summed E-state index contributed by atoms with van der Waals surface area (Å²) in [4.78, 5) is 73.2. The van der Waals surface area contributed by atoms with Gasteiger partial charge in [-0.15, -0.1) is 0 Å². The quantitative estimate of drug-likeness (QED) is 0.110. The third kappa shape index (κ3) is 7.34. The van der Waals surface area contributed by atoms with E-state index in [-0.39, 0.29) is 53.7 Å². The topological polar surface area (TPSA) is 175 Å². The number of ether oxygens (including phenoxy) is 2. The van der Waals surface area contributed by atoms with Crippen LogP contribution in [0, 0.1) is 23.7 Å². The van der Waals surface area contributed by atoms with Crippen molar-refractivity contribution in [1.82, 2.24) is 40.4 Å². The molecule has 3 aromatic carbocycles. The maximum atomic E-state index is 14.0. The lowest BCUT2D eigenvalue weighted by atomic mass is 9.95. The van der Waals surface area contributed by atoms with Crippen molar-refractivity contribution in [2.24, 2.45) is 23.7 Å². The number of nitrogens with zero attached hydrogens (tertiary/aromatic N) is 4. The van der Waals surface area contributed by atoms with E-state index in [1.807, 2.05) is 49.8 Å². The Bertz CT molecular complexity index is 2420. The number of likely N-dealkylation sites (tertiary alicyclic amines) is 2. The maximum absolute atomic E-state index is 14.0. The fraction of sp³-hybridized carbons (Fsp3) is 0.478. The second kappa shape index (κ2) is 16.3. The van der Waals surface area contributed by atoms with Gasteiger partial charge >= 0.3 is 12.2 Å². The van der Waals surface area contributed by atoms with E-state index in [1.165, 1.54) is 14.2 Å². The zero-order valence-electron chi connectivity index (χ0n) is 35.6. The Morgan fingerprint density at radius 1 is 0.750 bits per heavy atom. The van der Waals surface area contributed by atoms with Crippen molar-refractivity contribution in [1.29, 1.82) is 0 Å². The number of rotatable bonds is 10. The molecule has 4 N–H and O–H groups in total. The molecule has 3 fully saturated rings. The molecule has 60 heavy (non-hydrogen) atoms. The fourth-order valence-electron chi connectivity index (χ4n) is 9.84. The van der Waals surface area contributed by atoms with E-state index in [1.54, 1.807) is 0 Å². The third-order valence-electron chi connectivity index (χ3n) is 13.3.